The minimum Gasteiger partial charge on any atom is -0.493 e. The van der Waals surface area contributed by atoms with Gasteiger partial charge in [-0.2, -0.15) is 0 Å². The highest BCUT2D eigenvalue weighted by Gasteiger charge is 2.17. The second-order valence-electron chi connectivity index (χ2n) is 4.94. The molecule has 0 aliphatic heterocycles. The van der Waals surface area contributed by atoms with Gasteiger partial charge in [0.25, 0.3) is 5.91 Å². The van der Waals surface area contributed by atoms with E-state index in [1.165, 1.54) is 32.4 Å². The van der Waals surface area contributed by atoms with Crippen molar-refractivity contribution in [2.45, 2.75) is 13.0 Å². The van der Waals surface area contributed by atoms with Crippen molar-refractivity contribution < 1.29 is 18.7 Å². The van der Waals surface area contributed by atoms with E-state index in [9.17, 15) is 9.18 Å². The molecule has 0 saturated heterocycles. The molecule has 6 heteroatoms. The smallest absolute Gasteiger partial charge is 0.251 e. The molecule has 0 saturated carbocycles. The lowest BCUT2D eigenvalue weighted by atomic mass is 10.1. The van der Waals surface area contributed by atoms with Crippen LogP contribution in [0.3, 0.4) is 0 Å². The van der Waals surface area contributed by atoms with Crippen LogP contribution in [0, 0.1) is 5.82 Å². The lowest BCUT2D eigenvalue weighted by Crippen LogP contribution is -2.26. The summed E-state index contributed by atoms with van der Waals surface area (Å²) in [4.78, 5) is 12.4. The van der Waals surface area contributed by atoms with Crippen LogP contribution < -0.4 is 14.8 Å². The average molecular weight is 338 g/mol. The van der Waals surface area contributed by atoms with Crippen molar-refractivity contribution >= 4 is 17.5 Å². The number of methoxy groups -OCH3 is 2. The van der Waals surface area contributed by atoms with Crippen LogP contribution in [0.5, 0.6) is 11.5 Å². The maximum absolute atomic E-state index is 12.9. The monoisotopic (exact) mass is 337 g/mol. The minimum atomic E-state index is -0.320. The van der Waals surface area contributed by atoms with Crippen molar-refractivity contribution in [3.8, 4) is 11.5 Å². The first-order valence-electron chi connectivity index (χ1n) is 6.94. The van der Waals surface area contributed by atoms with Crippen LogP contribution in [0.4, 0.5) is 4.39 Å². The summed E-state index contributed by atoms with van der Waals surface area (Å²) in [5.74, 6) is 0.112. The molecule has 0 unspecified atom stereocenters. The Kier molecular flexibility index (Phi) is 5.45. The highest BCUT2D eigenvalue weighted by molar-refractivity contribution is 6.32. The highest BCUT2D eigenvalue weighted by Crippen LogP contribution is 2.36. The summed E-state index contributed by atoms with van der Waals surface area (Å²) in [7, 11) is 2.94. The molecule has 0 spiro atoms. The molecule has 1 amide bonds. The normalized spacial score (nSPS) is 11.7. The molecule has 2 aromatic rings. The van der Waals surface area contributed by atoms with E-state index >= 15 is 0 Å². The number of rotatable bonds is 5. The molecule has 2 rings (SSSR count). The molecule has 0 aliphatic carbocycles. The van der Waals surface area contributed by atoms with Gasteiger partial charge in [0.15, 0.2) is 11.5 Å². The topological polar surface area (TPSA) is 47.6 Å². The molecule has 0 bridgehead atoms. The summed E-state index contributed by atoms with van der Waals surface area (Å²) >= 11 is 6.10. The van der Waals surface area contributed by atoms with Crippen LogP contribution in [-0.4, -0.2) is 20.1 Å². The van der Waals surface area contributed by atoms with Gasteiger partial charge in [0.05, 0.1) is 25.3 Å². The molecular formula is C17H17ClFNO3. The number of amides is 1. The van der Waals surface area contributed by atoms with E-state index in [1.807, 2.05) is 6.92 Å². The number of hydrogen-bond acceptors (Lipinski definition) is 3. The molecule has 0 fully saturated rings. The number of benzene rings is 2. The fourth-order valence-corrected chi connectivity index (χ4v) is 2.45. The SMILES string of the molecule is COc1cc(C(=O)N[C@@H](C)c2ccc(F)cc2)cc(Cl)c1OC. The zero-order valence-corrected chi connectivity index (χ0v) is 13.8. The Labute approximate surface area is 139 Å². The highest BCUT2D eigenvalue weighted by atomic mass is 35.5. The van der Waals surface area contributed by atoms with Gasteiger partial charge in [0.2, 0.25) is 0 Å². The van der Waals surface area contributed by atoms with Crippen molar-refractivity contribution in [2.75, 3.05) is 14.2 Å². The molecule has 1 N–H and O–H groups in total. The maximum Gasteiger partial charge on any atom is 0.251 e. The predicted molar refractivity (Wildman–Crippen MR) is 86.8 cm³/mol. The molecule has 0 radical (unpaired) electrons. The third-order valence-electron chi connectivity index (χ3n) is 3.41. The number of hydrogen-bond donors (Lipinski definition) is 1. The fourth-order valence-electron chi connectivity index (χ4n) is 2.16. The van der Waals surface area contributed by atoms with Crippen molar-refractivity contribution in [3.63, 3.8) is 0 Å². The van der Waals surface area contributed by atoms with Crippen LogP contribution in [0.15, 0.2) is 36.4 Å². The van der Waals surface area contributed by atoms with Crippen LogP contribution in [0.1, 0.15) is 28.9 Å². The Balaban J connectivity index is 2.20. The van der Waals surface area contributed by atoms with E-state index in [0.717, 1.165) is 5.56 Å². The third-order valence-corrected chi connectivity index (χ3v) is 3.69. The molecular weight excluding hydrogens is 321 g/mol. The van der Waals surface area contributed by atoms with Gasteiger partial charge in [-0.25, -0.2) is 4.39 Å². The van der Waals surface area contributed by atoms with Crippen molar-refractivity contribution in [3.05, 3.63) is 58.4 Å². The standard InChI is InChI=1S/C17H17ClFNO3/c1-10(11-4-6-13(19)7-5-11)20-17(21)12-8-14(18)16(23-3)15(9-12)22-2/h4-10H,1-3H3,(H,20,21)/t10-/m0/s1. The molecule has 0 aliphatic rings. The summed E-state index contributed by atoms with van der Waals surface area (Å²) in [5.41, 5.74) is 1.15. The molecule has 2 aromatic carbocycles. The largest absolute Gasteiger partial charge is 0.493 e. The Morgan fingerprint density at radius 1 is 1.17 bits per heavy atom. The van der Waals surface area contributed by atoms with Crippen LogP contribution in [0.2, 0.25) is 5.02 Å². The van der Waals surface area contributed by atoms with Crippen LogP contribution in [-0.2, 0) is 0 Å². The quantitative estimate of drug-likeness (QED) is 0.897. The van der Waals surface area contributed by atoms with Crippen molar-refractivity contribution in [2.24, 2.45) is 0 Å². The van der Waals surface area contributed by atoms with Gasteiger partial charge < -0.3 is 14.8 Å². The second kappa shape index (κ2) is 7.33. The molecule has 23 heavy (non-hydrogen) atoms. The first kappa shape index (κ1) is 17.1. The molecule has 122 valence electrons. The number of nitrogens with one attached hydrogen (secondary N) is 1. The summed E-state index contributed by atoms with van der Waals surface area (Å²) in [5, 5.41) is 3.12. The Morgan fingerprint density at radius 2 is 1.83 bits per heavy atom. The van der Waals surface area contributed by atoms with Gasteiger partial charge in [-0.15, -0.1) is 0 Å². The summed E-state index contributed by atoms with van der Waals surface area (Å²) in [6.07, 6.45) is 0. The van der Waals surface area contributed by atoms with E-state index in [4.69, 9.17) is 21.1 Å². The first-order chi connectivity index (χ1) is 11.0. The summed E-state index contributed by atoms with van der Waals surface area (Å²) in [6, 6.07) is 8.74. The fraction of sp³-hybridized carbons (Fsp3) is 0.235. The Bertz CT molecular complexity index is 704. The summed E-state index contributed by atoms with van der Waals surface area (Å²) < 4.78 is 23.3. The zero-order chi connectivity index (χ0) is 17.0. The number of carbonyl (C=O) groups excluding carboxylic acids is 1. The van der Waals surface area contributed by atoms with Crippen molar-refractivity contribution in [1.82, 2.24) is 5.32 Å². The molecule has 4 nitrogen and oxygen atoms in total. The average Bonchev–Trinajstić information content (AvgIpc) is 2.54. The zero-order valence-electron chi connectivity index (χ0n) is 13.0. The minimum absolute atomic E-state index is 0.282. The Morgan fingerprint density at radius 3 is 2.39 bits per heavy atom. The van der Waals surface area contributed by atoms with Crippen molar-refractivity contribution in [1.29, 1.82) is 0 Å². The Hall–Kier alpha value is -2.27. The van der Waals surface area contributed by atoms with E-state index in [-0.39, 0.29) is 22.8 Å². The van der Waals surface area contributed by atoms with E-state index in [1.54, 1.807) is 18.2 Å². The second-order valence-corrected chi connectivity index (χ2v) is 5.35. The lowest BCUT2D eigenvalue weighted by Gasteiger charge is -2.16. The van der Waals surface area contributed by atoms with Gasteiger partial charge in [0.1, 0.15) is 5.82 Å². The van der Waals surface area contributed by atoms with E-state index in [2.05, 4.69) is 5.32 Å². The number of ether oxygens (including phenoxy) is 2. The van der Waals surface area contributed by atoms with Crippen LogP contribution in [0.25, 0.3) is 0 Å². The number of carbonyl (C=O) groups is 1. The maximum atomic E-state index is 12.9. The molecule has 0 heterocycles. The van der Waals surface area contributed by atoms with Gasteiger partial charge in [-0.3, -0.25) is 4.79 Å². The number of halogens is 2. The molecule has 0 aromatic heterocycles. The molecule has 1 atom stereocenters. The first-order valence-corrected chi connectivity index (χ1v) is 7.32. The van der Waals surface area contributed by atoms with E-state index in [0.29, 0.717) is 17.1 Å². The van der Waals surface area contributed by atoms with Crippen LogP contribution >= 0.6 is 11.6 Å². The van der Waals surface area contributed by atoms with Gasteiger partial charge in [0, 0.05) is 5.56 Å². The van der Waals surface area contributed by atoms with Gasteiger partial charge >= 0.3 is 0 Å². The van der Waals surface area contributed by atoms with Gasteiger partial charge in [-0.05, 0) is 36.8 Å². The van der Waals surface area contributed by atoms with Gasteiger partial charge in [-0.1, -0.05) is 23.7 Å². The summed E-state index contributed by atoms with van der Waals surface area (Å²) in [6.45, 7) is 1.81. The van der Waals surface area contributed by atoms with E-state index < -0.39 is 0 Å². The predicted octanol–water partition coefficient (Wildman–Crippen LogP) is 3.99. The lowest BCUT2D eigenvalue weighted by molar-refractivity contribution is 0.0939. The third kappa shape index (κ3) is 3.93.